The average Bonchev–Trinajstić information content (AvgIpc) is 2.75. The Bertz CT molecular complexity index is 585. The molecule has 2 unspecified atom stereocenters. The van der Waals surface area contributed by atoms with E-state index in [1.165, 1.54) is 12.1 Å². The Labute approximate surface area is 111 Å². The lowest BCUT2D eigenvalue weighted by molar-refractivity contribution is -0.117. The molecule has 3 N–H and O–H groups in total. The van der Waals surface area contributed by atoms with Gasteiger partial charge in [-0.25, -0.2) is 8.42 Å². The van der Waals surface area contributed by atoms with Gasteiger partial charge < -0.3 is 15.7 Å². The normalized spacial score (nSPS) is 23.3. The first kappa shape index (κ1) is 14.0. The van der Waals surface area contributed by atoms with Crippen LogP contribution in [0.1, 0.15) is 6.42 Å². The summed E-state index contributed by atoms with van der Waals surface area (Å²) < 4.78 is 22.8. The van der Waals surface area contributed by atoms with Crippen LogP contribution in [-0.2, 0) is 14.6 Å². The van der Waals surface area contributed by atoms with Gasteiger partial charge in [0.05, 0.1) is 17.0 Å². The molecule has 6 nitrogen and oxygen atoms in total. The molecule has 1 aromatic carbocycles. The van der Waals surface area contributed by atoms with Crippen molar-refractivity contribution in [3.8, 4) is 0 Å². The molecule has 1 amide bonds. The molecule has 19 heavy (non-hydrogen) atoms. The summed E-state index contributed by atoms with van der Waals surface area (Å²) >= 11 is 0. The zero-order valence-electron chi connectivity index (χ0n) is 10.5. The third-order valence-electron chi connectivity index (χ3n) is 2.95. The van der Waals surface area contributed by atoms with Crippen molar-refractivity contribution in [1.82, 2.24) is 5.32 Å². The van der Waals surface area contributed by atoms with Crippen molar-refractivity contribution >= 4 is 21.4 Å². The molecule has 0 spiro atoms. The first-order valence-corrected chi connectivity index (χ1v) is 7.78. The molecular weight excluding hydrogens is 268 g/mol. The molecule has 7 heteroatoms. The number of carbonyl (C=O) groups excluding carboxylic acids is 1. The standard InChI is InChI=1S/C12H16N2O4S/c1-19(17,18)10-4-2-3-8(5-10)14-12(16)11-6-9(15)7-13-11/h2-5,9,11,13,15H,6-7H2,1H3,(H,14,16). The van der Waals surface area contributed by atoms with E-state index in [2.05, 4.69) is 10.6 Å². The lowest BCUT2D eigenvalue weighted by Gasteiger charge is -2.11. The van der Waals surface area contributed by atoms with E-state index in [1.807, 2.05) is 0 Å². The molecule has 1 aromatic rings. The minimum Gasteiger partial charge on any atom is -0.392 e. The fourth-order valence-corrected chi connectivity index (χ4v) is 2.62. The van der Waals surface area contributed by atoms with Gasteiger partial charge in [0.2, 0.25) is 5.91 Å². The molecule has 1 aliphatic rings. The molecule has 1 aliphatic heterocycles. The van der Waals surface area contributed by atoms with Crippen LogP contribution in [0.5, 0.6) is 0 Å². The van der Waals surface area contributed by atoms with E-state index in [-0.39, 0.29) is 10.8 Å². The Balaban J connectivity index is 2.09. The van der Waals surface area contributed by atoms with E-state index in [1.54, 1.807) is 12.1 Å². The Morgan fingerprint density at radius 1 is 1.47 bits per heavy atom. The van der Waals surface area contributed by atoms with Crippen molar-refractivity contribution in [1.29, 1.82) is 0 Å². The number of hydrogen-bond acceptors (Lipinski definition) is 5. The molecule has 0 radical (unpaired) electrons. The first-order chi connectivity index (χ1) is 8.86. The van der Waals surface area contributed by atoms with Crippen molar-refractivity contribution in [2.45, 2.75) is 23.5 Å². The lowest BCUT2D eigenvalue weighted by Crippen LogP contribution is -2.35. The molecule has 104 valence electrons. The van der Waals surface area contributed by atoms with E-state index in [0.29, 0.717) is 18.7 Å². The summed E-state index contributed by atoms with van der Waals surface area (Å²) in [5, 5.41) is 14.9. The number of benzene rings is 1. The van der Waals surface area contributed by atoms with Crippen molar-refractivity contribution in [3.63, 3.8) is 0 Å². The highest BCUT2D eigenvalue weighted by atomic mass is 32.2. The van der Waals surface area contributed by atoms with Gasteiger partial charge in [0.1, 0.15) is 0 Å². The monoisotopic (exact) mass is 284 g/mol. The third-order valence-corrected chi connectivity index (χ3v) is 4.06. The number of sulfone groups is 1. The van der Waals surface area contributed by atoms with Crippen LogP contribution in [0.25, 0.3) is 0 Å². The van der Waals surface area contributed by atoms with Crippen molar-refractivity contribution in [3.05, 3.63) is 24.3 Å². The van der Waals surface area contributed by atoms with Gasteiger partial charge in [-0.05, 0) is 24.6 Å². The van der Waals surface area contributed by atoms with E-state index >= 15 is 0 Å². The molecule has 0 bridgehead atoms. The van der Waals surface area contributed by atoms with E-state index in [9.17, 15) is 18.3 Å². The number of aliphatic hydroxyl groups is 1. The summed E-state index contributed by atoms with van der Waals surface area (Å²) in [7, 11) is -3.30. The van der Waals surface area contributed by atoms with Crippen LogP contribution in [0, 0.1) is 0 Å². The van der Waals surface area contributed by atoms with Gasteiger partial charge in [-0.3, -0.25) is 4.79 Å². The summed E-state index contributed by atoms with van der Waals surface area (Å²) in [4.78, 5) is 12.0. The Hall–Kier alpha value is -1.44. The predicted octanol–water partition coefficient (Wildman–Crippen LogP) is -0.249. The molecule has 1 fully saturated rings. The number of amides is 1. The minimum atomic E-state index is -3.30. The topological polar surface area (TPSA) is 95.5 Å². The van der Waals surface area contributed by atoms with E-state index in [4.69, 9.17) is 0 Å². The Morgan fingerprint density at radius 2 is 2.21 bits per heavy atom. The third kappa shape index (κ3) is 3.52. The second-order valence-electron chi connectivity index (χ2n) is 4.64. The first-order valence-electron chi connectivity index (χ1n) is 5.89. The van der Waals surface area contributed by atoms with Crippen LogP contribution in [0.4, 0.5) is 5.69 Å². The molecule has 0 aromatic heterocycles. The van der Waals surface area contributed by atoms with Crippen molar-refractivity contribution in [2.24, 2.45) is 0 Å². The van der Waals surface area contributed by atoms with Crippen LogP contribution in [0.2, 0.25) is 0 Å². The molecular formula is C12H16N2O4S. The maximum Gasteiger partial charge on any atom is 0.241 e. The van der Waals surface area contributed by atoms with Gasteiger partial charge >= 0.3 is 0 Å². The number of hydrogen-bond donors (Lipinski definition) is 3. The van der Waals surface area contributed by atoms with Crippen LogP contribution in [0.3, 0.4) is 0 Å². The summed E-state index contributed by atoms with van der Waals surface area (Å²) in [6.45, 7) is 0.390. The fourth-order valence-electron chi connectivity index (χ4n) is 1.95. The zero-order valence-corrected chi connectivity index (χ0v) is 11.3. The van der Waals surface area contributed by atoms with Gasteiger partial charge in [-0.15, -0.1) is 0 Å². The number of carbonyl (C=O) groups is 1. The van der Waals surface area contributed by atoms with Crippen LogP contribution >= 0.6 is 0 Å². The maximum atomic E-state index is 11.9. The quantitative estimate of drug-likeness (QED) is 0.711. The number of aliphatic hydroxyl groups excluding tert-OH is 1. The SMILES string of the molecule is CS(=O)(=O)c1cccc(NC(=O)C2CC(O)CN2)c1. The van der Waals surface area contributed by atoms with Crippen molar-refractivity contribution < 1.29 is 18.3 Å². The summed E-state index contributed by atoms with van der Waals surface area (Å²) in [5.41, 5.74) is 0.427. The van der Waals surface area contributed by atoms with Crippen LogP contribution in [0.15, 0.2) is 29.2 Å². The highest BCUT2D eigenvalue weighted by Crippen LogP contribution is 2.16. The van der Waals surface area contributed by atoms with Gasteiger partial charge in [0.25, 0.3) is 0 Å². The molecule has 2 rings (SSSR count). The molecule has 1 heterocycles. The van der Waals surface area contributed by atoms with Gasteiger partial charge in [-0.2, -0.15) is 0 Å². The second kappa shape index (κ2) is 5.28. The molecule has 0 saturated carbocycles. The summed E-state index contributed by atoms with van der Waals surface area (Å²) in [6.07, 6.45) is 0.957. The predicted molar refractivity (Wildman–Crippen MR) is 70.6 cm³/mol. The number of nitrogens with one attached hydrogen (secondary N) is 2. The van der Waals surface area contributed by atoms with Crippen molar-refractivity contribution in [2.75, 3.05) is 18.1 Å². The number of anilines is 1. The number of rotatable bonds is 3. The van der Waals surface area contributed by atoms with E-state index < -0.39 is 22.0 Å². The Morgan fingerprint density at radius 3 is 2.79 bits per heavy atom. The van der Waals surface area contributed by atoms with E-state index in [0.717, 1.165) is 6.26 Å². The average molecular weight is 284 g/mol. The number of β-amino-alcohol motifs (C(OH)–C–C–N with tert-alkyl or cyclic N) is 1. The summed E-state index contributed by atoms with van der Waals surface area (Å²) in [6, 6.07) is 5.64. The van der Waals surface area contributed by atoms with Gasteiger partial charge in [0.15, 0.2) is 9.84 Å². The highest BCUT2D eigenvalue weighted by molar-refractivity contribution is 7.90. The summed E-state index contributed by atoms with van der Waals surface area (Å²) in [5.74, 6) is -0.276. The second-order valence-corrected chi connectivity index (χ2v) is 6.66. The largest absolute Gasteiger partial charge is 0.392 e. The lowest BCUT2D eigenvalue weighted by atomic mass is 10.2. The van der Waals surface area contributed by atoms with Gasteiger partial charge in [0, 0.05) is 18.5 Å². The molecule has 0 aliphatic carbocycles. The van der Waals surface area contributed by atoms with Crippen LogP contribution in [-0.4, -0.2) is 44.4 Å². The van der Waals surface area contributed by atoms with Crippen LogP contribution < -0.4 is 10.6 Å². The minimum absolute atomic E-state index is 0.157. The Kier molecular flexibility index (Phi) is 3.88. The molecule has 1 saturated heterocycles. The van der Waals surface area contributed by atoms with Gasteiger partial charge in [-0.1, -0.05) is 6.07 Å². The fraction of sp³-hybridized carbons (Fsp3) is 0.417. The zero-order chi connectivity index (χ0) is 14.0. The maximum absolute atomic E-state index is 11.9. The molecule has 2 atom stereocenters. The smallest absolute Gasteiger partial charge is 0.241 e. The highest BCUT2D eigenvalue weighted by Gasteiger charge is 2.28.